The highest BCUT2D eigenvalue weighted by Crippen LogP contribution is 2.77. The summed E-state index contributed by atoms with van der Waals surface area (Å²) in [6, 6.07) is 10.6. The van der Waals surface area contributed by atoms with E-state index in [4.69, 9.17) is 4.74 Å². The average molecular weight is 789 g/mol. The number of carbonyl (C=O) groups excluding carboxylic acids is 2. The second kappa shape index (κ2) is 15.8. The maximum atomic E-state index is 14.3. The van der Waals surface area contributed by atoms with Gasteiger partial charge in [-0.25, -0.2) is 0 Å². The van der Waals surface area contributed by atoms with Crippen LogP contribution in [0.1, 0.15) is 132 Å². The van der Waals surface area contributed by atoms with Gasteiger partial charge in [-0.3, -0.25) is 19.3 Å². The highest BCUT2D eigenvalue weighted by atomic mass is 16.5. The molecule has 0 aromatic heterocycles. The Morgan fingerprint density at radius 2 is 1.56 bits per heavy atom. The fourth-order valence-electron chi connectivity index (χ4n) is 13.9. The first kappa shape index (κ1) is 44.0. The van der Waals surface area contributed by atoms with E-state index in [1.165, 1.54) is 11.1 Å². The molecule has 0 radical (unpaired) electrons. The van der Waals surface area contributed by atoms with Crippen LogP contribution in [0.15, 0.2) is 41.5 Å². The molecule has 57 heavy (non-hydrogen) atoms. The number of aliphatic carboxylic acids is 1. The number of aliphatic hydroxyl groups is 1. The van der Waals surface area contributed by atoms with Gasteiger partial charge in [-0.2, -0.15) is 0 Å². The summed E-state index contributed by atoms with van der Waals surface area (Å²) in [6.45, 7) is 23.0. The molecule has 0 saturated heterocycles. The lowest BCUT2D eigenvalue weighted by atomic mass is 9.33. The van der Waals surface area contributed by atoms with E-state index < -0.39 is 28.9 Å². The molecule has 5 aliphatic carbocycles. The molecule has 8 nitrogen and oxygen atoms in total. The summed E-state index contributed by atoms with van der Waals surface area (Å²) >= 11 is 0. The maximum absolute atomic E-state index is 14.3. The van der Waals surface area contributed by atoms with Crippen molar-refractivity contribution in [2.24, 2.45) is 56.2 Å². The van der Waals surface area contributed by atoms with Crippen LogP contribution in [0.5, 0.6) is 0 Å². The number of ketones is 1. The van der Waals surface area contributed by atoms with Crippen LogP contribution in [0.3, 0.4) is 0 Å². The molecule has 0 aliphatic heterocycles. The first-order valence-corrected chi connectivity index (χ1v) is 22.3. The zero-order valence-electron chi connectivity index (χ0n) is 37.4. The Bertz CT molecular complexity index is 1700. The lowest BCUT2D eigenvalue weighted by Crippen LogP contribution is -2.66. The van der Waals surface area contributed by atoms with Gasteiger partial charge in [0.25, 0.3) is 0 Å². The summed E-state index contributed by atoms with van der Waals surface area (Å²) in [5.41, 5.74) is 1.82. The number of nitrogens with zero attached hydrogens (tertiary/aromatic N) is 2. The van der Waals surface area contributed by atoms with Crippen LogP contribution in [0.4, 0.5) is 0 Å². The van der Waals surface area contributed by atoms with E-state index in [0.29, 0.717) is 24.8 Å². The van der Waals surface area contributed by atoms with E-state index >= 15 is 0 Å². The van der Waals surface area contributed by atoms with Crippen molar-refractivity contribution < 1.29 is 29.3 Å². The molecule has 0 amide bonds. The van der Waals surface area contributed by atoms with Crippen LogP contribution < -0.4 is 0 Å². The number of rotatable bonds is 14. The van der Waals surface area contributed by atoms with Crippen LogP contribution in [-0.4, -0.2) is 90.2 Å². The molecule has 318 valence electrons. The van der Waals surface area contributed by atoms with E-state index in [0.717, 1.165) is 83.0 Å². The van der Waals surface area contributed by atoms with Crippen LogP contribution in [0, 0.1) is 56.2 Å². The molecule has 1 aromatic carbocycles. The normalized spacial score (nSPS) is 35.5. The topological polar surface area (TPSA) is 107 Å². The van der Waals surface area contributed by atoms with E-state index in [1.54, 1.807) is 13.8 Å². The number of aliphatic hydroxyl groups excluding tert-OH is 1. The number of likely N-dealkylation sites (N-methyl/N-ethyl adjacent to an activating group) is 1. The minimum Gasteiger partial charge on any atom is -0.481 e. The van der Waals surface area contributed by atoms with Gasteiger partial charge >= 0.3 is 11.9 Å². The summed E-state index contributed by atoms with van der Waals surface area (Å²) in [7, 11) is 4.21. The molecule has 4 fully saturated rings. The van der Waals surface area contributed by atoms with Crippen molar-refractivity contribution in [3.8, 4) is 0 Å². The molecule has 0 spiro atoms. The third-order valence-corrected chi connectivity index (χ3v) is 17.4. The van der Waals surface area contributed by atoms with E-state index in [9.17, 15) is 24.6 Å². The molecule has 6 rings (SSSR count). The van der Waals surface area contributed by atoms with Gasteiger partial charge in [0.15, 0.2) is 5.78 Å². The number of Topliss-reactive ketones (excluding diaryl/α,β-unsaturated/α-hetero) is 1. The molecule has 0 heterocycles. The Morgan fingerprint density at radius 1 is 0.877 bits per heavy atom. The lowest BCUT2D eigenvalue weighted by Gasteiger charge is -2.72. The Hall–Kier alpha value is -2.55. The zero-order chi connectivity index (χ0) is 41.9. The second-order valence-electron chi connectivity index (χ2n) is 21.9. The fraction of sp³-hybridized carbons (Fsp3) is 0.776. The van der Waals surface area contributed by atoms with Crippen molar-refractivity contribution in [2.75, 3.05) is 40.3 Å². The minimum absolute atomic E-state index is 0.0129. The van der Waals surface area contributed by atoms with Crippen LogP contribution in [0.25, 0.3) is 0 Å². The maximum Gasteiger partial charge on any atom is 0.309 e. The first-order chi connectivity index (χ1) is 26.5. The van der Waals surface area contributed by atoms with Crippen LogP contribution in [0.2, 0.25) is 0 Å². The van der Waals surface area contributed by atoms with Crippen molar-refractivity contribution in [3.05, 3.63) is 47.0 Å². The van der Waals surface area contributed by atoms with E-state index in [2.05, 4.69) is 103 Å². The van der Waals surface area contributed by atoms with Gasteiger partial charge in [-0.15, -0.1) is 0 Å². The number of fused-ring (bicyclic) bond motifs is 7. The second-order valence-corrected chi connectivity index (χ2v) is 21.9. The predicted molar refractivity (Wildman–Crippen MR) is 226 cm³/mol. The Labute approximate surface area is 344 Å². The van der Waals surface area contributed by atoms with Gasteiger partial charge in [-0.1, -0.05) is 84.4 Å². The number of carboxylic acids is 1. The molecule has 2 N–H and O–H groups in total. The van der Waals surface area contributed by atoms with E-state index in [1.807, 2.05) is 0 Å². The van der Waals surface area contributed by atoms with Crippen molar-refractivity contribution in [3.63, 3.8) is 0 Å². The molecular formula is C49H76N2O6. The van der Waals surface area contributed by atoms with Crippen molar-refractivity contribution in [1.82, 2.24) is 9.80 Å². The van der Waals surface area contributed by atoms with Gasteiger partial charge in [0, 0.05) is 43.4 Å². The Kier molecular flexibility index (Phi) is 12.2. The SMILES string of the molecule is CC(C)C1=C2[C@H]3CC[C@@H]4[C@@]5(C)CC[C@H](OC(=O)CC(C)(C)C(=O)O)C(C)(C)[C@@H]5CC[C@@]4(C)[C@]3(C)CC[C@@]2([C@H](O)CN(CCc2ccccc2)CCN(C)C)CC1=O. The average Bonchev–Trinajstić information content (AvgIpc) is 3.44. The molecular weight excluding hydrogens is 713 g/mol. The number of allylic oxidation sites excluding steroid dienone is 1. The van der Waals surface area contributed by atoms with Gasteiger partial charge in [0.1, 0.15) is 6.10 Å². The minimum atomic E-state index is -1.17. The molecule has 8 heteroatoms. The zero-order valence-corrected chi connectivity index (χ0v) is 37.4. The summed E-state index contributed by atoms with van der Waals surface area (Å²) in [5.74, 6) is 0.0937. The Morgan fingerprint density at radius 3 is 2.19 bits per heavy atom. The number of ether oxygens (including phenoxy) is 1. The molecule has 0 unspecified atom stereocenters. The van der Waals surface area contributed by atoms with Crippen LogP contribution in [-0.2, 0) is 25.5 Å². The quantitative estimate of drug-likeness (QED) is 0.180. The summed E-state index contributed by atoms with van der Waals surface area (Å²) in [6.07, 6.45) is 8.26. The van der Waals surface area contributed by atoms with Gasteiger partial charge in [0.05, 0.1) is 17.9 Å². The smallest absolute Gasteiger partial charge is 0.309 e. The predicted octanol–water partition coefficient (Wildman–Crippen LogP) is 8.85. The lowest BCUT2D eigenvalue weighted by molar-refractivity contribution is -0.235. The number of benzene rings is 1. The van der Waals surface area contributed by atoms with Gasteiger partial charge in [0.2, 0.25) is 0 Å². The standard InChI is InChI=1S/C49H76N2O6/c1-32(2)41-35(52)29-49(38(53)31-51(28-27-50(10)11)26-21-33-15-13-12-14-16-33)25-24-47(8)34(42(41)49)17-18-37-46(7)22-20-39(57-40(54)30-44(3,4)43(55)56)45(5,6)36(46)19-23-48(37,47)9/h12-16,32,34,36-39,53H,17-31H2,1-11H3,(H,55,56)/t34-,36+,37-,38-,39+,46+,47-,48-,49+/m1/s1. The summed E-state index contributed by atoms with van der Waals surface area (Å²) in [4.78, 5) is 43.9. The monoisotopic (exact) mass is 789 g/mol. The third kappa shape index (κ3) is 7.60. The molecule has 9 atom stereocenters. The summed E-state index contributed by atoms with van der Waals surface area (Å²) < 4.78 is 6.20. The highest BCUT2D eigenvalue weighted by Gasteiger charge is 2.71. The van der Waals surface area contributed by atoms with Crippen molar-refractivity contribution in [1.29, 1.82) is 0 Å². The molecule has 4 saturated carbocycles. The number of hydrogen-bond acceptors (Lipinski definition) is 7. The number of hydrogen-bond donors (Lipinski definition) is 2. The molecule has 1 aromatic rings. The largest absolute Gasteiger partial charge is 0.481 e. The number of carbonyl (C=O) groups is 3. The third-order valence-electron chi connectivity index (χ3n) is 17.4. The molecule has 5 aliphatic rings. The van der Waals surface area contributed by atoms with Crippen LogP contribution >= 0.6 is 0 Å². The summed E-state index contributed by atoms with van der Waals surface area (Å²) in [5, 5.41) is 22.3. The van der Waals surface area contributed by atoms with Gasteiger partial charge < -0.3 is 19.8 Å². The van der Waals surface area contributed by atoms with Gasteiger partial charge in [-0.05, 0) is 137 Å². The first-order valence-electron chi connectivity index (χ1n) is 22.3. The molecule has 0 bridgehead atoms. The van der Waals surface area contributed by atoms with Crippen molar-refractivity contribution >= 4 is 17.7 Å². The highest BCUT2D eigenvalue weighted by molar-refractivity contribution is 6.00. The fourth-order valence-corrected chi connectivity index (χ4v) is 13.9. The number of carboxylic acid groups (broad SMARTS) is 1. The Balaban J connectivity index is 1.27. The van der Waals surface area contributed by atoms with Crippen molar-refractivity contribution in [2.45, 2.75) is 145 Å². The number of esters is 1. The van der Waals surface area contributed by atoms with E-state index in [-0.39, 0.29) is 51.8 Å².